The molecule has 1 amide bonds. The Morgan fingerprint density at radius 3 is 2.45 bits per heavy atom. The van der Waals surface area contributed by atoms with Crippen molar-refractivity contribution in [3.8, 4) is 28.5 Å². The van der Waals surface area contributed by atoms with Gasteiger partial charge in [-0.05, 0) is 48.9 Å². The van der Waals surface area contributed by atoms with E-state index < -0.39 is 0 Å². The third kappa shape index (κ3) is 4.87. The van der Waals surface area contributed by atoms with Gasteiger partial charge in [-0.15, -0.1) is 5.10 Å². The van der Waals surface area contributed by atoms with Crippen LogP contribution in [0.3, 0.4) is 0 Å². The topological polar surface area (TPSA) is 99.9 Å². The second-order valence-electron chi connectivity index (χ2n) is 7.43. The molecule has 0 spiro atoms. The number of carbonyl (C=O) groups is 1. The fraction of sp³-hybridized carbons (Fsp3) is 0.250. The van der Waals surface area contributed by atoms with Crippen molar-refractivity contribution in [3.63, 3.8) is 0 Å². The minimum absolute atomic E-state index is 0.148. The summed E-state index contributed by atoms with van der Waals surface area (Å²) in [6, 6.07) is 14.5. The normalized spacial score (nSPS) is 11.8. The first kappa shape index (κ1) is 22.1. The monoisotopic (exact) mass is 447 g/mol. The van der Waals surface area contributed by atoms with E-state index in [2.05, 4.69) is 20.4 Å². The number of benzene rings is 2. The minimum Gasteiger partial charge on any atom is -0.497 e. The molecule has 0 unspecified atom stereocenters. The minimum atomic E-state index is -0.373. The summed E-state index contributed by atoms with van der Waals surface area (Å²) in [5.74, 6) is 2.33. The number of carbonyl (C=O) groups excluding carboxylic acids is 1. The molecule has 9 heteroatoms. The van der Waals surface area contributed by atoms with Crippen molar-refractivity contribution in [2.75, 3.05) is 21.3 Å². The van der Waals surface area contributed by atoms with Gasteiger partial charge in [-0.2, -0.15) is 0 Å². The Kier molecular flexibility index (Phi) is 6.39. The molecule has 33 heavy (non-hydrogen) atoms. The van der Waals surface area contributed by atoms with Crippen LogP contribution in [-0.2, 0) is 11.2 Å². The smallest absolute Gasteiger partial charge is 0.225 e. The lowest BCUT2D eigenvalue weighted by molar-refractivity contribution is -0.121. The number of nitrogens with zero attached hydrogens (tertiary/aromatic N) is 4. The largest absolute Gasteiger partial charge is 0.497 e. The van der Waals surface area contributed by atoms with E-state index in [-0.39, 0.29) is 18.4 Å². The van der Waals surface area contributed by atoms with Gasteiger partial charge in [0.2, 0.25) is 5.91 Å². The van der Waals surface area contributed by atoms with Crippen molar-refractivity contribution in [2.24, 2.45) is 0 Å². The molecule has 4 rings (SSSR count). The summed E-state index contributed by atoms with van der Waals surface area (Å²) in [5, 5.41) is 7.40. The van der Waals surface area contributed by atoms with Crippen LogP contribution in [0.4, 0.5) is 0 Å². The molecule has 2 aromatic carbocycles. The van der Waals surface area contributed by atoms with E-state index in [4.69, 9.17) is 14.2 Å². The van der Waals surface area contributed by atoms with Gasteiger partial charge in [0.15, 0.2) is 23.0 Å². The van der Waals surface area contributed by atoms with E-state index in [1.54, 1.807) is 44.3 Å². The molecule has 0 saturated heterocycles. The molecular formula is C24H25N5O4. The average molecular weight is 447 g/mol. The van der Waals surface area contributed by atoms with Crippen LogP contribution in [0.25, 0.3) is 16.9 Å². The van der Waals surface area contributed by atoms with Gasteiger partial charge in [0.25, 0.3) is 0 Å². The lowest BCUT2D eigenvalue weighted by Crippen LogP contribution is -2.28. The number of amides is 1. The highest BCUT2D eigenvalue weighted by Crippen LogP contribution is 2.28. The number of aromatic nitrogens is 4. The van der Waals surface area contributed by atoms with Crippen molar-refractivity contribution in [1.29, 1.82) is 0 Å². The molecule has 0 bridgehead atoms. The average Bonchev–Trinajstić information content (AvgIpc) is 3.27. The lowest BCUT2D eigenvalue weighted by atomic mass is 10.1. The van der Waals surface area contributed by atoms with Crippen LogP contribution < -0.4 is 19.5 Å². The number of fused-ring (bicyclic) bond motifs is 1. The standard InChI is InChI=1S/C24H25N5O4/c1-15(26-23(30)12-16-5-10-20(32-3)21(11-16)33-4)24-27-22-13-19(25-14-29(22)28-24)17-6-8-18(31-2)9-7-17/h5-11,13-15H,12H2,1-4H3,(H,26,30)/t15-/m1/s1. The van der Waals surface area contributed by atoms with Crippen LogP contribution in [0.15, 0.2) is 54.9 Å². The van der Waals surface area contributed by atoms with E-state index in [0.717, 1.165) is 22.6 Å². The molecule has 2 aromatic heterocycles. The van der Waals surface area contributed by atoms with E-state index in [0.29, 0.717) is 23.0 Å². The molecular weight excluding hydrogens is 422 g/mol. The third-order valence-corrected chi connectivity index (χ3v) is 5.21. The number of nitrogens with one attached hydrogen (secondary N) is 1. The van der Waals surface area contributed by atoms with Gasteiger partial charge in [0, 0.05) is 11.6 Å². The van der Waals surface area contributed by atoms with E-state index in [1.807, 2.05) is 43.3 Å². The molecule has 0 fully saturated rings. The maximum atomic E-state index is 12.6. The second kappa shape index (κ2) is 9.56. The fourth-order valence-electron chi connectivity index (χ4n) is 3.45. The highest BCUT2D eigenvalue weighted by Gasteiger charge is 2.16. The quantitative estimate of drug-likeness (QED) is 0.443. The summed E-state index contributed by atoms with van der Waals surface area (Å²) in [4.78, 5) is 21.6. The third-order valence-electron chi connectivity index (χ3n) is 5.21. The first-order chi connectivity index (χ1) is 16.0. The van der Waals surface area contributed by atoms with Crippen LogP contribution in [0, 0.1) is 0 Å². The Morgan fingerprint density at radius 2 is 1.76 bits per heavy atom. The van der Waals surface area contributed by atoms with Crippen molar-refractivity contribution in [3.05, 3.63) is 66.2 Å². The zero-order chi connectivity index (χ0) is 23.4. The highest BCUT2D eigenvalue weighted by atomic mass is 16.5. The summed E-state index contributed by atoms with van der Waals surface area (Å²) in [7, 11) is 4.77. The maximum Gasteiger partial charge on any atom is 0.225 e. The van der Waals surface area contributed by atoms with E-state index >= 15 is 0 Å². The summed E-state index contributed by atoms with van der Waals surface area (Å²) in [6.07, 6.45) is 1.81. The van der Waals surface area contributed by atoms with Gasteiger partial charge >= 0.3 is 0 Å². The Hall–Kier alpha value is -4.14. The zero-order valence-electron chi connectivity index (χ0n) is 18.9. The molecule has 0 radical (unpaired) electrons. The highest BCUT2D eigenvalue weighted by molar-refractivity contribution is 5.79. The van der Waals surface area contributed by atoms with Crippen molar-refractivity contribution in [2.45, 2.75) is 19.4 Å². The molecule has 2 heterocycles. The molecule has 0 aliphatic carbocycles. The number of ether oxygens (including phenoxy) is 3. The Morgan fingerprint density at radius 1 is 1.00 bits per heavy atom. The van der Waals surface area contributed by atoms with Crippen LogP contribution in [0.1, 0.15) is 24.4 Å². The van der Waals surface area contributed by atoms with Gasteiger partial charge in [0.1, 0.15) is 12.1 Å². The van der Waals surface area contributed by atoms with Gasteiger partial charge in [-0.1, -0.05) is 6.07 Å². The zero-order valence-corrected chi connectivity index (χ0v) is 18.9. The Balaban J connectivity index is 1.46. The van der Waals surface area contributed by atoms with Crippen LogP contribution in [0.2, 0.25) is 0 Å². The molecule has 0 aliphatic heterocycles. The predicted octanol–water partition coefficient (Wildman–Crippen LogP) is 3.24. The van der Waals surface area contributed by atoms with Crippen LogP contribution in [0.5, 0.6) is 17.2 Å². The summed E-state index contributed by atoms with van der Waals surface area (Å²) in [5.41, 5.74) is 3.17. The Labute approximate surface area is 191 Å². The lowest BCUT2D eigenvalue weighted by Gasteiger charge is -2.12. The molecule has 0 saturated carbocycles. The first-order valence-electron chi connectivity index (χ1n) is 10.4. The second-order valence-corrected chi connectivity index (χ2v) is 7.43. The van der Waals surface area contributed by atoms with E-state index in [9.17, 15) is 4.79 Å². The van der Waals surface area contributed by atoms with Gasteiger partial charge in [-0.3, -0.25) is 4.79 Å². The molecule has 4 aromatic rings. The molecule has 1 N–H and O–H groups in total. The number of methoxy groups -OCH3 is 3. The van der Waals surface area contributed by atoms with Gasteiger partial charge in [0.05, 0.1) is 39.5 Å². The van der Waals surface area contributed by atoms with Gasteiger partial charge in [-0.25, -0.2) is 14.5 Å². The molecule has 9 nitrogen and oxygen atoms in total. The summed E-state index contributed by atoms with van der Waals surface area (Å²) < 4.78 is 17.3. The first-order valence-corrected chi connectivity index (χ1v) is 10.4. The van der Waals surface area contributed by atoms with Gasteiger partial charge < -0.3 is 19.5 Å². The van der Waals surface area contributed by atoms with Crippen LogP contribution in [-0.4, -0.2) is 46.8 Å². The number of rotatable bonds is 8. The Bertz CT molecular complexity index is 1270. The van der Waals surface area contributed by atoms with E-state index in [1.165, 1.54) is 0 Å². The van der Waals surface area contributed by atoms with Crippen LogP contribution >= 0.6 is 0 Å². The maximum absolute atomic E-state index is 12.6. The SMILES string of the molecule is COc1ccc(-c2cc3nc([C@@H](C)NC(=O)Cc4ccc(OC)c(OC)c4)nn3cn2)cc1. The number of hydrogen-bond donors (Lipinski definition) is 1. The van der Waals surface area contributed by atoms with Crippen molar-refractivity contribution in [1.82, 2.24) is 24.9 Å². The molecule has 0 aliphatic rings. The summed E-state index contributed by atoms with van der Waals surface area (Å²) >= 11 is 0. The molecule has 170 valence electrons. The van der Waals surface area contributed by atoms with Crippen molar-refractivity contribution < 1.29 is 19.0 Å². The van der Waals surface area contributed by atoms with Crippen molar-refractivity contribution >= 4 is 11.6 Å². The predicted molar refractivity (Wildman–Crippen MR) is 123 cm³/mol. The number of hydrogen-bond acceptors (Lipinski definition) is 7. The summed E-state index contributed by atoms with van der Waals surface area (Å²) in [6.45, 7) is 1.85. The fourth-order valence-corrected chi connectivity index (χ4v) is 3.45. The molecule has 1 atom stereocenters.